The molecule has 0 aromatic heterocycles. The number of hydrogen-bond donors (Lipinski definition) is 0. The summed E-state index contributed by atoms with van der Waals surface area (Å²) >= 11 is 12.1. The Morgan fingerprint density at radius 2 is 2.00 bits per heavy atom. The van der Waals surface area contributed by atoms with Gasteiger partial charge in [-0.15, -0.1) is 0 Å². The van der Waals surface area contributed by atoms with Crippen molar-refractivity contribution in [1.29, 1.82) is 0 Å². The van der Waals surface area contributed by atoms with E-state index in [9.17, 15) is 4.79 Å². The number of ketones is 1. The standard InChI is InChI=1S/C13H14Cl2O2/c1-7(8-3-4-8)13(16)9-5-11(15)12(17-2)6-10(9)14/h5-8H,3-4H2,1-2H3. The third-order valence-corrected chi connectivity index (χ3v) is 3.86. The Kier molecular flexibility index (Phi) is 3.64. The summed E-state index contributed by atoms with van der Waals surface area (Å²) in [5, 5.41) is 0.826. The highest BCUT2D eigenvalue weighted by Crippen LogP contribution is 2.40. The Labute approximate surface area is 111 Å². The van der Waals surface area contributed by atoms with Crippen molar-refractivity contribution in [3.8, 4) is 5.75 Å². The van der Waals surface area contributed by atoms with Crippen LogP contribution in [-0.4, -0.2) is 12.9 Å². The first-order chi connectivity index (χ1) is 8.04. The first-order valence-electron chi connectivity index (χ1n) is 5.62. The van der Waals surface area contributed by atoms with Gasteiger partial charge in [0.05, 0.1) is 17.2 Å². The van der Waals surface area contributed by atoms with E-state index >= 15 is 0 Å². The minimum atomic E-state index is 0.0250. The topological polar surface area (TPSA) is 26.3 Å². The Hall–Kier alpha value is -0.730. The molecule has 1 atom stereocenters. The lowest BCUT2D eigenvalue weighted by atomic mass is 9.95. The van der Waals surface area contributed by atoms with Gasteiger partial charge >= 0.3 is 0 Å². The van der Waals surface area contributed by atoms with Crippen LogP contribution in [0, 0.1) is 11.8 Å². The summed E-state index contributed by atoms with van der Waals surface area (Å²) in [5.41, 5.74) is 0.497. The molecule has 1 fully saturated rings. The Bertz CT molecular complexity index is 453. The van der Waals surface area contributed by atoms with Crippen LogP contribution < -0.4 is 4.74 Å². The fraction of sp³-hybridized carbons (Fsp3) is 0.462. The second kappa shape index (κ2) is 4.87. The molecule has 1 aliphatic rings. The van der Waals surface area contributed by atoms with Crippen molar-refractivity contribution < 1.29 is 9.53 Å². The van der Waals surface area contributed by atoms with Crippen molar-refractivity contribution >= 4 is 29.0 Å². The molecule has 0 amide bonds. The molecule has 1 aromatic carbocycles. The quantitative estimate of drug-likeness (QED) is 0.767. The van der Waals surface area contributed by atoms with E-state index in [-0.39, 0.29) is 11.7 Å². The van der Waals surface area contributed by atoms with Crippen LogP contribution in [-0.2, 0) is 0 Å². The smallest absolute Gasteiger partial charge is 0.167 e. The summed E-state index contributed by atoms with van der Waals surface area (Å²) < 4.78 is 5.05. The van der Waals surface area contributed by atoms with Crippen molar-refractivity contribution in [2.45, 2.75) is 19.8 Å². The van der Waals surface area contributed by atoms with Gasteiger partial charge in [0, 0.05) is 17.5 Å². The molecule has 0 heterocycles. The van der Waals surface area contributed by atoms with Crippen LogP contribution >= 0.6 is 23.2 Å². The maximum Gasteiger partial charge on any atom is 0.167 e. The van der Waals surface area contributed by atoms with E-state index in [1.807, 2.05) is 6.92 Å². The van der Waals surface area contributed by atoms with Crippen molar-refractivity contribution in [1.82, 2.24) is 0 Å². The molecule has 1 aliphatic carbocycles. The highest BCUT2D eigenvalue weighted by atomic mass is 35.5. The maximum absolute atomic E-state index is 12.2. The number of halogens is 2. The third-order valence-electron chi connectivity index (χ3n) is 3.25. The van der Waals surface area contributed by atoms with Crippen LogP contribution in [0.3, 0.4) is 0 Å². The summed E-state index contributed by atoms with van der Waals surface area (Å²) in [7, 11) is 1.52. The molecule has 1 saturated carbocycles. The number of hydrogen-bond acceptors (Lipinski definition) is 2. The summed E-state index contributed by atoms with van der Waals surface area (Å²) in [6.45, 7) is 1.95. The fourth-order valence-electron chi connectivity index (χ4n) is 1.93. The van der Waals surface area contributed by atoms with Crippen molar-refractivity contribution in [3.05, 3.63) is 27.7 Å². The zero-order valence-corrected chi connectivity index (χ0v) is 11.3. The molecule has 0 spiro atoms. The summed E-state index contributed by atoms with van der Waals surface area (Å²) in [4.78, 5) is 12.2. The zero-order valence-electron chi connectivity index (χ0n) is 9.80. The number of carbonyl (C=O) groups excluding carboxylic acids is 1. The summed E-state index contributed by atoms with van der Waals surface area (Å²) in [5.74, 6) is 1.10. The number of carbonyl (C=O) groups is 1. The minimum Gasteiger partial charge on any atom is -0.495 e. The van der Waals surface area contributed by atoms with E-state index in [4.69, 9.17) is 27.9 Å². The number of rotatable bonds is 4. The van der Waals surface area contributed by atoms with Gasteiger partial charge in [0.1, 0.15) is 5.75 Å². The van der Waals surface area contributed by atoms with Gasteiger partial charge in [0.2, 0.25) is 0 Å². The molecular weight excluding hydrogens is 259 g/mol. The number of ether oxygens (including phenoxy) is 1. The average molecular weight is 273 g/mol. The minimum absolute atomic E-state index is 0.0250. The maximum atomic E-state index is 12.2. The Morgan fingerprint density at radius 3 is 2.53 bits per heavy atom. The van der Waals surface area contributed by atoms with Gasteiger partial charge in [-0.1, -0.05) is 30.1 Å². The van der Waals surface area contributed by atoms with Gasteiger partial charge in [0.25, 0.3) is 0 Å². The molecule has 0 aliphatic heterocycles. The molecule has 0 saturated heterocycles. The number of methoxy groups -OCH3 is 1. The van der Waals surface area contributed by atoms with Gasteiger partial charge in [-0.3, -0.25) is 4.79 Å². The molecule has 92 valence electrons. The Balaban J connectivity index is 2.31. The summed E-state index contributed by atoms with van der Waals surface area (Å²) in [6.07, 6.45) is 2.27. The number of benzene rings is 1. The fourth-order valence-corrected chi connectivity index (χ4v) is 2.42. The molecule has 1 unspecified atom stereocenters. The van der Waals surface area contributed by atoms with Gasteiger partial charge in [-0.2, -0.15) is 0 Å². The molecule has 0 N–H and O–H groups in total. The van der Waals surface area contributed by atoms with Crippen LogP contribution in [0.1, 0.15) is 30.1 Å². The molecule has 2 nitrogen and oxygen atoms in total. The predicted molar refractivity (Wildman–Crippen MR) is 69.2 cm³/mol. The van der Waals surface area contributed by atoms with Gasteiger partial charge in [-0.05, 0) is 24.8 Å². The monoisotopic (exact) mass is 272 g/mol. The summed E-state index contributed by atoms with van der Waals surface area (Å²) in [6, 6.07) is 3.20. The largest absolute Gasteiger partial charge is 0.495 e. The first kappa shape index (κ1) is 12.7. The SMILES string of the molecule is COc1cc(Cl)c(C(=O)C(C)C2CC2)cc1Cl. The van der Waals surface area contributed by atoms with Crippen molar-refractivity contribution in [3.63, 3.8) is 0 Å². The lowest BCUT2D eigenvalue weighted by Gasteiger charge is -2.12. The van der Waals surface area contributed by atoms with E-state index in [0.717, 1.165) is 12.8 Å². The van der Waals surface area contributed by atoms with Gasteiger partial charge in [0.15, 0.2) is 5.78 Å². The predicted octanol–water partition coefficient (Wildman–Crippen LogP) is 4.23. The first-order valence-corrected chi connectivity index (χ1v) is 6.37. The van der Waals surface area contributed by atoms with Crippen LogP contribution in [0.2, 0.25) is 10.0 Å². The highest BCUT2D eigenvalue weighted by Gasteiger charge is 2.33. The van der Waals surface area contributed by atoms with Crippen molar-refractivity contribution in [2.24, 2.45) is 11.8 Å². The van der Waals surface area contributed by atoms with Crippen LogP contribution in [0.25, 0.3) is 0 Å². The molecule has 1 aromatic rings. The van der Waals surface area contributed by atoms with Gasteiger partial charge < -0.3 is 4.74 Å². The molecule has 2 rings (SSSR count). The van der Waals surface area contributed by atoms with E-state index in [1.54, 1.807) is 12.1 Å². The molecule has 17 heavy (non-hydrogen) atoms. The van der Waals surface area contributed by atoms with Crippen LogP contribution in [0.4, 0.5) is 0 Å². The van der Waals surface area contributed by atoms with Gasteiger partial charge in [-0.25, -0.2) is 0 Å². The lowest BCUT2D eigenvalue weighted by Crippen LogP contribution is -2.13. The van der Waals surface area contributed by atoms with E-state index in [2.05, 4.69) is 0 Å². The Morgan fingerprint density at radius 1 is 1.35 bits per heavy atom. The van der Waals surface area contributed by atoms with E-state index < -0.39 is 0 Å². The molecule has 0 radical (unpaired) electrons. The second-order valence-corrected chi connectivity index (χ2v) is 5.27. The van der Waals surface area contributed by atoms with Crippen LogP contribution in [0.5, 0.6) is 5.75 Å². The van der Waals surface area contributed by atoms with Crippen LogP contribution in [0.15, 0.2) is 12.1 Å². The molecule has 0 bridgehead atoms. The average Bonchev–Trinajstić information content (AvgIpc) is 3.13. The third kappa shape index (κ3) is 2.58. The highest BCUT2D eigenvalue weighted by molar-refractivity contribution is 6.36. The van der Waals surface area contributed by atoms with E-state index in [0.29, 0.717) is 27.3 Å². The lowest BCUT2D eigenvalue weighted by molar-refractivity contribution is 0.0916. The zero-order chi connectivity index (χ0) is 12.6. The van der Waals surface area contributed by atoms with E-state index in [1.165, 1.54) is 7.11 Å². The van der Waals surface area contributed by atoms with Crippen molar-refractivity contribution in [2.75, 3.05) is 7.11 Å². The normalized spacial score (nSPS) is 16.7. The molecule has 4 heteroatoms. The molecular formula is C13H14Cl2O2. The second-order valence-electron chi connectivity index (χ2n) is 4.46. The number of Topliss-reactive ketones (excluding diaryl/α,β-unsaturated/α-hetero) is 1.